The molecule has 164 valence electrons. The fourth-order valence-corrected chi connectivity index (χ4v) is 5.31. The average molecular weight is 465 g/mol. The van der Waals surface area contributed by atoms with Crippen molar-refractivity contribution in [2.24, 2.45) is 5.92 Å². The number of anilines is 1. The zero-order chi connectivity index (χ0) is 22.5. The standard InChI is InChI=1S/C26H25ClN2O2S/c1-18(25(30)28-15-14-19-8-3-2-4-9-19)24-26(31)29(17-20-10-7-11-21(27)16-20)22-12-5-6-13-23(22)32-24/h2-13,16,18,24H,14-15,17H2,1H3,(H,28,30)/t18-,24+/m0/s1. The van der Waals surface area contributed by atoms with Crippen LogP contribution in [0.2, 0.25) is 5.02 Å². The number of fused-ring (bicyclic) bond motifs is 1. The summed E-state index contributed by atoms with van der Waals surface area (Å²) in [4.78, 5) is 29.2. The predicted molar refractivity (Wildman–Crippen MR) is 131 cm³/mol. The first kappa shape index (κ1) is 22.4. The highest BCUT2D eigenvalue weighted by Crippen LogP contribution is 2.42. The van der Waals surface area contributed by atoms with Crippen LogP contribution in [0.15, 0.2) is 83.8 Å². The third-order valence-electron chi connectivity index (χ3n) is 5.57. The maximum absolute atomic E-state index is 13.5. The lowest BCUT2D eigenvalue weighted by Gasteiger charge is -2.35. The monoisotopic (exact) mass is 464 g/mol. The first-order valence-electron chi connectivity index (χ1n) is 10.7. The van der Waals surface area contributed by atoms with Crippen LogP contribution in [0.5, 0.6) is 0 Å². The lowest BCUT2D eigenvalue weighted by atomic mass is 10.0. The largest absolute Gasteiger partial charge is 0.355 e. The molecule has 0 bridgehead atoms. The maximum atomic E-state index is 13.5. The lowest BCUT2D eigenvalue weighted by Crippen LogP contribution is -2.47. The van der Waals surface area contributed by atoms with E-state index in [9.17, 15) is 9.59 Å². The Morgan fingerprint density at radius 2 is 1.75 bits per heavy atom. The highest BCUT2D eigenvalue weighted by molar-refractivity contribution is 8.01. The van der Waals surface area contributed by atoms with Crippen molar-refractivity contribution in [1.82, 2.24) is 5.32 Å². The molecule has 1 aliphatic heterocycles. The second-order valence-corrected chi connectivity index (χ2v) is 9.50. The molecule has 6 heteroatoms. The SMILES string of the molecule is C[C@H](C(=O)NCCc1ccccc1)[C@H]1Sc2ccccc2N(Cc2cccc(Cl)c2)C1=O. The van der Waals surface area contributed by atoms with E-state index in [1.165, 1.54) is 17.3 Å². The molecule has 0 saturated heterocycles. The van der Waals surface area contributed by atoms with Gasteiger partial charge in [-0.3, -0.25) is 9.59 Å². The number of benzene rings is 3. The van der Waals surface area contributed by atoms with Crippen LogP contribution in [0.3, 0.4) is 0 Å². The zero-order valence-corrected chi connectivity index (χ0v) is 19.4. The summed E-state index contributed by atoms with van der Waals surface area (Å²) in [5.74, 6) is -0.619. The topological polar surface area (TPSA) is 49.4 Å². The van der Waals surface area contributed by atoms with Gasteiger partial charge in [-0.2, -0.15) is 0 Å². The van der Waals surface area contributed by atoms with Crippen LogP contribution in [0.4, 0.5) is 5.69 Å². The minimum atomic E-state index is -0.485. The summed E-state index contributed by atoms with van der Waals surface area (Å²) >= 11 is 7.62. The molecule has 0 spiro atoms. The van der Waals surface area contributed by atoms with E-state index in [2.05, 4.69) is 5.32 Å². The first-order chi connectivity index (χ1) is 15.5. The number of hydrogen-bond acceptors (Lipinski definition) is 3. The molecule has 3 aromatic carbocycles. The van der Waals surface area contributed by atoms with Crippen molar-refractivity contribution >= 4 is 40.9 Å². The van der Waals surface area contributed by atoms with Crippen molar-refractivity contribution in [3.63, 3.8) is 0 Å². The van der Waals surface area contributed by atoms with Gasteiger partial charge < -0.3 is 10.2 Å². The minimum absolute atomic E-state index is 0.0561. The van der Waals surface area contributed by atoms with Gasteiger partial charge in [0.15, 0.2) is 0 Å². The second kappa shape index (κ2) is 10.2. The second-order valence-electron chi connectivity index (χ2n) is 7.88. The highest BCUT2D eigenvalue weighted by atomic mass is 35.5. The molecule has 0 radical (unpaired) electrons. The van der Waals surface area contributed by atoms with E-state index in [0.29, 0.717) is 18.1 Å². The number of carbonyl (C=O) groups excluding carboxylic acids is 2. The van der Waals surface area contributed by atoms with Gasteiger partial charge in [0.2, 0.25) is 11.8 Å². The summed E-state index contributed by atoms with van der Waals surface area (Å²) < 4.78 is 0. The summed E-state index contributed by atoms with van der Waals surface area (Å²) in [7, 11) is 0. The van der Waals surface area contributed by atoms with Crippen LogP contribution in [-0.4, -0.2) is 23.6 Å². The van der Waals surface area contributed by atoms with Gasteiger partial charge >= 0.3 is 0 Å². The molecule has 0 saturated carbocycles. The summed E-state index contributed by atoms with van der Waals surface area (Å²) in [6, 6.07) is 25.4. The summed E-state index contributed by atoms with van der Waals surface area (Å²) in [5.41, 5.74) is 2.99. The number of nitrogens with zero attached hydrogens (tertiary/aromatic N) is 1. The molecule has 4 nitrogen and oxygen atoms in total. The van der Waals surface area contributed by atoms with Crippen molar-refractivity contribution in [3.05, 3.63) is 95.0 Å². The number of carbonyl (C=O) groups is 2. The van der Waals surface area contributed by atoms with Crippen molar-refractivity contribution in [2.75, 3.05) is 11.4 Å². The van der Waals surface area contributed by atoms with Crippen molar-refractivity contribution in [3.8, 4) is 0 Å². The van der Waals surface area contributed by atoms with E-state index in [-0.39, 0.29) is 11.8 Å². The molecule has 1 N–H and O–H groups in total. The van der Waals surface area contributed by atoms with Gasteiger partial charge in [0.25, 0.3) is 0 Å². The van der Waals surface area contributed by atoms with Gasteiger partial charge in [-0.15, -0.1) is 11.8 Å². The van der Waals surface area contributed by atoms with Gasteiger partial charge in [0.1, 0.15) is 5.25 Å². The molecule has 0 aromatic heterocycles. The van der Waals surface area contributed by atoms with Crippen LogP contribution < -0.4 is 10.2 Å². The third kappa shape index (κ3) is 5.17. The maximum Gasteiger partial charge on any atom is 0.241 e. The Morgan fingerprint density at radius 1 is 1.03 bits per heavy atom. The molecule has 0 aliphatic carbocycles. The zero-order valence-electron chi connectivity index (χ0n) is 17.8. The number of thioether (sulfide) groups is 1. The smallest absolute Gasteiger partial charge is 0.241 e. The van der Waals surface area contributed by atoms with Crippen LogP contribution in [0.1, 0.15) is 18.1 Å². The Kier molecular flexibility index (Phi) is 7.18. The average Bonchev–Trinajstić information content (AvgIpc) is 2.81. The van der Waals surface area contributed by atoms with Crippen LogP contribution in [-0.2, 0) is 22.6 Å². The number of rotatable bonds is 7. The number of hydrogen-bond donors (Lipinski definition) is 1. The molecule has 2 atom stereocenters. The fourth-order valence-electron chi connectivity index (χ4n) is 3.81. The fraction of sp³-hybridized carbons (Fsp3) is 0.231. The number of amides is 2. The van der Waals surface area contributed by atoms with Crippen LogP contribution in [0, 0.1) is 5.92 Å². The molecule has 1 aliphatic rings. The summed E-state index contributed by atoms with van der Waals surface area (Å²) in [6.07, 6.45) is 0.759. The molecule has 0 fully saturated rings. The van der Waals surface area contributed by atoms with E-state index >= 15 is 0 Å². The quantitative estimate of drug-likeness (QED) is 0.513. The van der Waals surface area contributed by atoms with Crippen molar-refractivity contribution in [1.29, 1.82) is 0 Å². The Hall–Kier alpha value is -2.76. The minimum Gasteiger partial charge on any atom is -0.355 e. The molecule has 3 aromatic rings. The molecular formula is C26H25ClN2O2S. The van der Waals surface area contributed by atoms with E-state index in [1.807, 2.05) is 85.8 Å². The van der Waals surface area contributed by atoms with Gasteiger partial charge in [0.05, 0.1) is 18.2 Å². The lowest BCUT2D eigenvalue weighted by molar-refractivity contribution is -0.128. The van der Waals surface area contributed by atoms with E-state index in [0.717, 1.165) is 22.6 Å². The van der Waals surface area contributed by atoms with Gasteiger partial charge in [-0.05, 0) is 41.8 Å². The number of nitrogens with one attached hydrogen (secondary N) is 1. The molecule has 1 heterocycles. The van der Waals surface area contributed by atoms with Gasteiger partial charge in [-0.1, -0.05) is 73.1 Å². The van der Waals surface area contributed by atoms with E-state index in [1.54, 1.807) is 4.90 Å². The summed E-state index contributed by atoms with van der Waals surface area (Å²) in [6.45, 7) is 2.79. The Labute approximate surface area is 198 Å². The van der Waals surface area contributed by atoms with E-state index < -0.39 is 11.2 Å². The Bertz CT molecular complexity index is 1110. The molecule has 32 heavy (non-hydrogen) atoms. The third-order valence-corrected chi connectivity index (χ3v) is 7.27. The van der Waals surface area contributed by atoms with Crippen LogP contribution in [0.25, 0.3) is 0 Å². The Balaban J connectivity index is 1.48. The first-order valence-corrected chi connectivity index (χ1v) is 11.9. The van der Waals surface area contributed by atoms with Crippen LogP contribution >= 0.6 is 23.4 Å². The molecular weight excluding hydrogens is 440 g/mol. The predicted octanol–water partition coefficient (Wildman–Crippen LogP) is 5.34. The van der Waals surface area contributed by atoms with Crippen molar-refractivity contribution in [2.45, 2.75) is 30.0 Å². The normalized spacial score (nSPS) is 16.4. The van der Waals surface area contributed by atoms with Gasteiger partial charge in [0, 0.05) is 16.5 Å². The number of para-hydroxylation sites is 1. The molecule has 2 amide bonds. The molecule has 0 unspecified atom stereocenters. The molecule has 4 rings (SSSR count). The Morgan fingerprint density at radius 3 is 2.53 bits per heavy atom. The highest BCUT2D eigenvalue weighted by Gasteiger charge is 2.39. The summed E-state index contributed by atoms with van der Waals surface area (Å²) in [5, 5.41) is 3.16. The number of halogens is 1. The van der Waals surface area contributed by atoms with Gasteiger partial charge in [-0.25, -0.2) is 0 Å². The van der Waals surface area contributed by atoms with E-state index in [4.69, 9.17) is 11.6 Å². The van der Waals surface area contributed by atoms with Crippen molar-refractivity contribution < 1.29 is 9.59 Å².